The van der Waals surface area contributed by atoms with E-state index in [9.17, 15) is 28.9 Å². The number of nitrogens with two attached hydrogens (primary N) is 2. The van der Waals surface area contributed by atoms with Crippen LogP contribution in [0.4, 0.5) is 32.3 Å². The van der Waals surface area contributed by atoms with Crippen molar-refractivity contribution in [3.8, 4) is 11.5 Å². The molecule has 4 aromatic heterocycles. The van der Waals surface area contributed by atoms with E-state index in [2.05, 4.69) is 50.7 Å². The average Bonchev–Trinajstić information content (AvgIpc) is 1.75. The van der Waals surface area contributed by atoms with Crippen molar-refractivity contribution >= 4 is 83.7 Å². The molecule has 2 saturated heterocycles. The number of rotatable bonds is 22. The Labute approximate surface area is 485 Å². The van der Waals surface area contributed by atoms with Crippen LogP contribution < -0.4 is 41.3 Å². The van der Waals surface area contributed by atoms with Gasteiger partial charge in [-0.1, -0.05) is 36.4 Å². The summed E-state index contributed by atoms with van der Waals surface area (Å²) < 4.78 is 138. The van der Waals surface area contributed by atoms with Gasteiger partial charge in [-0.3, -0.25) is 36.9 Å². The molecule has 2 fully saturated rings. The van der Waals surface area contributed by atoms with Gasteiger partial charge in [-0.25, -0.2) is 27.9 Å². The molecule has 2 aromatic carbocycles. The van der Waals surface area contributed by atoms with Crippen molar-refractivity contribution < 1.29 is 92.3 Å². The van der Waals surface area contributed by atoms with E-state index in [4.69, 9.17) is 66.0 Å². The maximum absolute atomic E-state index is 16.0. The fourth-order valence-corrected chi connectivity index (χ4v) is 11.3. The molecule has 468 valence electrons. The third-order valence-electron chi connectivity index (χ3n) is 12.2. The number of nitrogens with one attached hydrogen (secondary N) is 4. The molecule has 0 spiro atoms. The van der Waals surface area contributed by atoms with E-state index in [1.54, 1.807) is 102 Å². The van der Waals surface area contributed by atoms with Crippen LogP contribution in [0.1, 0.15) is 67.8 Å². The van der Waals surface area contributed by atoms with Gasteiger partial charge in [-0.05, 0) is 79.7 Å². The average molecular weight is 1260 g/mol. The van der Waals surface area contributed by atoms with Gasteiger partial charge in [0.05, 0.1) is 38.1 Å². The van der Waals surface area contributed by atoms with Crippen LogP contribution in [0.25, 0.3) is 22.3 Å². The zero-order chi connectivity index (χ0) is 63.0. The van der Waals surface area contributed by atoms with E-state index in [-0.39, 0.29) is 34.7 Å². The molecule has 0 bridgehead atoms. The molecule has 2 unspecified atom stereocenters. The fraction of sp³-hybridized carbons (Fsp3) is 0.500. The number of ether oxygens (including phenoxy) is 4. The van der Waals surface area contributed by atoms with E-state index in [1.807, 2.05) is 0 Å². The van der Waals surface area contributed by atoms with Crippen molar-refractivity contribution in [3.05, 3.63) is 73.3 Å². The van der Waals surface area contributed by atoms with E-state index < -0.39 is 124 Å². The summed E-state index contributed by atoms with van der Waals surface area (Å²) >= 11 is 0. The Hall–Kier alpha value is -6.85. The number of carbonyl (C=O) groups is 2. The Balaban J connectivity index is 0.000000252. The number of hydrogen-bond acceptors (Lipinski definition) is 26. The lowest BCUT2D eigenvalue weighted by molar-refractivity contribution is -0.150. The molecule has 2 aliphatic heterocycles. The summed E-state index contributed by atoms with van der Waals surface area (Å²) in [6.45, 7) is 10.7. The summed E-state index contributed by atoms with van der Waals surface area (Å²) in [7, 11) is -9.99. The zero-order valence-corrected chi connectivity index (χ0v) is 50.0. The number of benzene rings is 2. The molecule has 85 heavy (non-hydrogen) atoms. The van der Waals surface area contributed by atoms with Gasteiger partial charge < -0.3 is 60.3 Å². The predicted octanol–water partition coefficient (Wildman–Crippen LogP) is 4.49. The first-order chi connectivity index (χ1) is 39.7. The summed E-state index contributed by atoms with van der Waals surface area (Å²) in [5, 5.41) is 32.5. The highest BCUT2D eigenvalue weighted by atomic mass is 32.3. The van der Waals surface area contributed by atoms with Crippen LogP contribution in [0, 0.1) is 0 Å². The minimum absolute atomic E-state index is 0.0761. The first kappa shape index (κ1) is 67.3. The molecule has 12 atom stereocenters. The number of nitrogen functional groups attached to an aromatic ring is 2. The quantitative estimate of drug-likeness (QED) is 0.0254. The zero-order valence-electron chi connectivity index (χ0n) is 47.4. The maximum atomic E-state index is 16.0. The Morgan fingerprint density at radius 3 is 1.29 bits per heavy atom. The van der Waals surface area contributed by atoms with E-state index in [1.165, 1.54) is 35.6 Å². The monoisotopic (exact) mass is 1260 g/mol. The molecule has 0 saturated carbocycles. The molecule has 8 rings (SSSR count). The smallest absolute Gasteiger partial charge is 0.459 e. The van der Waals surface area contributed by atoms with Crippen molar-refractivity contribution in [1.82, 2.24) is 49.2 Å². The van der Waals surface area contributed by atoms with Crippen molar-refractivity contribution in [2.75, 3.05) is 49.4 Å². The van der Waals surface area contributed by atoms with Crippen LogP contribution in [0.2, 0.25) is 0 Å². The molecule has 32 nitrogen and oxygen atoms in total. The van der Waals surface area contributed by atoms with E-state index >= 15 is 8.78 Å². The molecule has 0 amide bonds. The van der Waals surface area contributed by atoms with Gasteiger partial charge in [0.15, 0.2) is 57.8 Å². The number of hydrogen-bond donors (Lipinski definition) is 10. The van der Waals surface area contributed by atoms with Crippen molar-refractivity contribution in [3.63, 3.8) is 0 Å². The summed E-state index contributed by atoms with van der Waals surface area (Å²) in [5.74, 6) is -0.486. The number of aromatic nitrogens is 8. The molecule has 0 radical (unpaired) electrons. The Morgan fingerprint density at radius 1 is 0.659 bits per heavy atom. The van der Waals surface area contributed by atoms with Gasteiger partial charge in [-0.2, -0.15) is 38.5 Å². The van der Waals surface area contributed by atoms with Gasteiger partial charge in [0.25, 0.3) is 0 Å². The Kier molecular flexibility index (Phi) is 21.9. The maximum Gasteiger partial charge on any atom is 0.459 e. The lowest BCUT2D eigenvalue weighted by atomic mass is 9.98. The Bertz CT molecular complexity index is 3250. The number of nitrogens with zero attached hydrogens (tertiary/aromatic N) is 8. The predicted molar refractivity (Wildman–Crippen MR) is 301 cm³/mol. The van der Waals surface area contributed by atoms with Crippen LogP contribution in [0.15, 0.2) is 73.3 Å². The van der Waals surface area contributed by atoms with Gasteiger partial charge in [0.2, 0.25) is 11.9 Å². The second kappa shape index (κ2) is 27.7. The number of carbonyl (C=O) groups excluding carboxylic acids is 2. The van der Waals surface area contributed by atoms with E-state index in [0.717, 1.165) is 13.8 Å². The molecule has 12 N–H and O–H groups in total. The molecular weight excluding hydrogens is 1190 g/mol. The van der Waals surface area contributed by atoms with Crippen LogP contribution in [-0.2, 0) is 57.1 Å². The topological polar surface area (TPSA) is 445 Å². The number of fused-ring (bicyclic) bond motifs is 2. The minimum atomic E-state index is -4.67. The second-order valence-electron chi connectivity index (χ2n) is 19.8. The second-order valence-corrected chi connectivity index (χ2v) is 24.1. The van der Waals surface area contributed by atoms with Crippen molar-refractivity contribution in [2.45, 2.75) is 128 Å². The third kappa shape index (κ3) is 17.2. The fourth-order valence-electron chi connectivity index (χ4n) is 8.27. The standard InChI is InChI=1S/2C24H33FN7O7P.H2O4S/c2*1-13(2)37-21(34)14(3)31-40(35,39-15-9-7-6-8-10-15)36-11-16-18(33)24(4,25)22(38-16)32-12-28-17-19(27-5)29-23(26)30-20(17)32;1-5(2,3)4/h2*6-10,12-14,16,18,22,33H,11H2,1-5H3,(H,31,35)(H3,26,27,29,30);(H2,1,2,3,4)/t2*14-,16+,18+,22+,24+,40?;/m00./s1. The number of anilines is 4. The summed E-state index contributed by atoms with van der Waals surface area (Å²) in [5.41, 5.74) is 7.89. The van der Waals surface area contributed by atoms with Crippen LogP contribution >= 0.6 is 15.5 Å². The van der Waals surface area contributed by atoms with Gasteiger partial charge >= 0.3 is 37.8 Å². The minimum Gasteiger partial charge on any atom is -0.462 e. The molecule has 2 aliphatic rings. The number of aliphatic hydroxyl groups is 2. The third-order valence-corrected chi connectivity index (χ3v) is 15.4. The van der Waals surface area contributed by atoms with Gasteiger partial charge in [0.1, 0.15) is 48.0 Å². The first-order valence-electron chi connectivity index (χ1n) is 25.7. The first-order valence-corrected chi connectivity index (χ1v) is 30.2. The highest BCUT2D eigenvalue weighted by molar-refractivity contribution is 7.79. The normalized spacial score (nSPS) is 24.3. The van der Waals surface area contributed by atoms with E-state index in [0.29, 0.717) is 22.7 Å². The number of imidazole rings is 2. The largest absolute Gasteiger partial charge is 0.462 e. The highest BCUT2D eigenvalue weighted by Crippen LogP contribution is 2.50. The molecule has 37 heteroatoms. The number of aliphatic hydroxyl groups excluding tert-OH is 2. The van der Waals surface area contributed by atoms with Crippen LogP contribution in [0.5, 0.6) is 11.5 Å². The molecular formula is C48H68F2N14O18P2S. The number of halogens is 2. The van der Waals surface area contributed by atoms with Crippen molar-refractivity contribution in [1.29, 1.82) is 0 Å². The van der Waals surface area contributed by atoms with Gasteiger partial charge in [-0.15, -0.1) is 0 Å². The summed E-state index contributed by atoms with van der Waals surface area (Å²) in [6, 6.07) is 14.1. The lowest BCUT2D eigenvalue weighted by Gasteiger charge is -2.25. The summed E-state index contributed by atoms with van der Waals surface area (Å²) in [6.07, 6.45) is -7.05. The SMILES string of the molecule is CNc1nc(N)nc2c1ncn2[C@@H]1O[C@H](COP(=O)(N[C@@H](C)C(=O)OC(C)C)Oc2ccccc2)[C@@H](O)[C@@]1(C)F.CNc1nc(N)nc2c1ncn2[C@@H]1O[C@H](COP(=O)(N[C@@H](C)C(=O)OC(C)C)Oc2ccccc2)[C@@H](O)[C@@]1(C)F.O=S(=O)(O)O. The summed E-state index contributed by atoms with van der Waals surface area (Å²) in [4.78, 5) is 49.6. The van der Waals surface area contributed by atoms with Crippen LogP contribution in [-0.4, -0.2) is 166 Å². The number of alkyl halides is 2. The molecule has 6 heterocycles. The highest BCUT2D eigenvalue weighted by Gasteiger charge is 2.57. The van der Waals surface area contributed by atoms with Crippen molar-refractivity contribution in [2.24, 2.45) is 0 Å². The lowest BCUT2D eigenvalue weighted by Crippen LogP contribution is -2.41. The van der Waals surface area contributed by atoms with Gasteiger partial charge in [0, 0.05) is 14.1 Å². The van der Waals surface area contributed by atoms with Crippen LogP contribution in [0.3, 0.4) is 0 Å². The number of para-hydroxylation sites is 2. The Morgan fingerprint density at radius 2 is 0.988 bits per heavy atom. The molecule has 0 aliphatic carbocycles. The number of esters is 2. The molecule has 6 aromatic rings.